The van der Waals surface area contributed by atoms with E-state index in [9.17, 15) is 4.39 Å². The van der Waals surface area contributed by atoms with Gasteiger partial charge in [0.05, 0.1) is 24.3 Å². The van der Waals surface area contributed by atoms with Crippen LogP contribution in [0.3, 0.4) is 0 Å². The van der Waals surface area contributed by atoms with Gasteiger partial charge < -0.3 is 15.4 Å². The summed E-state index contributed by atoms with van der Waals surface area (Å²) in [5, 5.41) is 4.91. The van der Waals surface area contributed by atoms with E-state index in [4.69, 9.17) is 10.5 Å². The van der Waals surface area contributed by atoms with Gasteiger partial charge in [-0.25, -0.2) is 9.37 Å². The standard InChI is InChI=1S/C16H17FN6O/c1-22-14(18)12-13(10-4-2-3-5-11(10)17)19-16(20-15(12)21-22)23-6-8-24-9-7-23/h2-5H,6-9,18H2,1H3. The van der Waals surface area contributed by atoms with E-state index in [-0.39, 0.29) is 5.82 Å². The number of nitrogen functional groups attached to an aromatic ring is 1. The summed E-state index contributed by atoms with van der Waals surface area (Å²) >= 11 is 0. The molecule has 4 rings (SSSR count). The summed E-state index contributed by atoms with van der Waals surface area (Å²) in [5.41, 5.74) is 7.43. The first-order valence-corrected chi connectivity index (χ1v) is 7.73. The van der Waals surface area contributed by atoms with Crippen LogP contribution in [0.15, 0.2) is 24.3 Å². The smallest absolute Gasteiger partial charge is 0.228 e. The van der Waals surface area contributed by atoms with Crippen LogP contribution in [-0.2, 0) is 11.8 Å². The third-order valence-corrected chi connectivity index (χ3v) is 4.15. The number of fused-ring (bicyclic) bond motifs is 1. The molecule has 1 fully saturated rings. The molecule has 2 N–H and O–H groups in total. The van der Waals surface area contributed by atoms with Crippen LogP contribution in [0.2, 0.25) is 0 Å². The molecule has 3 aromatic rings. The second kappa shape index (κ2) is 5.72. The second-order valence-corrected chi connectivity index (χ2v) is 5.66. The van der Waals surface area contributed by atoms with E-state index in [0.717, 1.165) is 0 Å². The van der Waals surface area contributed by atoms with Gasteiger partial charge in [0.25, 0.3) is 0 Å². The maximum absolute atomic E-state index is 14.4. The molecule has 124 valence electrons. The van der Waals surface area contributed by atoms with Gasteiger partial charge in [0.15, 0.2) is 5.65 Å². The van der Waals surface area contributed by atoms with Crippen molar-refractivity contribution in [2.75, 3.05) is 36.9 Å². The lowest BCUT2D eigenvalue weighted by atomic mass is 10.1. The molecule has 0 saturated carbocycles. The molecule has 1 aromatic carbocycles. The summed E-state index contributed by atoms with van der Waals surface area (Å²) in [7, 11) is 1.73. The normalized spacial score (nSPS) is 15.2. The fraction of sp³-hybridized carbons (Fsp3) is 0.312. The van der Waals surface area contributed by atoms with E-state index in [1.165, 1.54) is 10.7 Å². The SMILES string of the molecule is Cn1nc2nc(N3CCOCC3)nc(-c3ccccc3F)c2c1N. The molecule has 3 heterocycles. The van der Waals surface area contributed by atoms with E-state index in [1.54, 1.807) is 25.2 Å². The number of rotatable bonds is 2. The number of ether oxygens (including phenoxy) is 1. The second-order valence-electron chi connectivity index (χ2n) is 5.66. The summed E-state index contributed by atoms with van der Waals surface area (Å²) < 4.78 is 21.3. The number of aryl methyl sites for hydroxylation is 1. The molecular formula is C16H17FN6O. The lowest BCUT2D eigenvalue weighted by molar-refractivity contribution is 0.122. The minimum atomic E-state index is -0.353. The molecule has 0 amide bonds. The number of morpholine rings is 1. The van der Waals surface area contributed by atoms with Crippen LogP contribution < -0.4 is 10.6 Å². The minimum Gasteiger partial charge on any atom is -0.383 e. The molecule has 24 heavy (non-hydrogen) atoms. The molecule has 0 aliphatic carbocycles. The van der Waals surface area contributed by atoms with Crippen LogP contribution in [0.25, 0.3) is 22.3 Å². The van der Waals surface area contributed by atoms with Gasteiger partial charge in [-0.1, -0.05) is 12.1 Å². The number of nitrogens with two attached hydrogens (primary N) is 1. The lowest BCUT2D eigenvalue weighted by Gasteiger charge is -2.27. The van der Waals surface area contributed by atoms with E-state index in [2.05, 4.69) is 15.1 Å². The van der Waals surface area contributed by atoms with Gasteiger partial charge in [0.1, 0.15) is 11.6 Å². The first kappa shape index (κ1) is 14.8. The topological polar surface area (TPSA) is 82.1 Å². The number of nitrogens with zero attached hydrogens (tertiary/aromatic N) is 5. The molecule has 0 bridgehead atoms. The number of anilines is 2. The predicted molar refractivity (Wildman–Crippen MR) is 89.1 cm³/mol. The van der Waals surface area contributed by atoms with Crippen molar-refractivity contribution in [1.29, 1.82) is 0 Å². The average molecular weight is 328 g/mol. The summed E-state index contributed by atoms with van der Waals surface area (Å²) in [6.45, 7) is 2.59. The highest BCUT2D eigenvalue weighted by Gasteiger charge is 2.22. The Kier molecular flexibility index (Phi) is 3.53. The van der Waals surface area contributed by atoms with Gasteiger partial charge >= 0.3 is 0 Å². The van der Waals surface area contributed by atoms with Gasteiger partial charge in [-0.15, -0.1) is 0 Å². The maximum Gasteiger partial charge on any atom is 0.228 e. The first-order chi connectivity index (χ1) is 11.6. The zero-order chi connectivity index (χ0) is 16.7. The number of hydrogen-bond donors (Lipinski definition) is 1. The molecule has 7 nitrogen and oxygen atoms in total. The third kappa shape index (κ3) is 2.35. The Morgan fingerprint density at radius 2 is 1.92 bits per heavy atom. The molecule has 0 unspecified atom stereocenters. The Bertz CT molecular complexity index is 903. The summed E-state index contributed by atoms with van der Waals surface area (Å²) in [5.74, 6) is 0.576. The minimum absolute atomic E-state index is 0.353. The van der Waals surface area contributed by atoms with Crippen molar-refractivity contribution >= 4 is 22.8 Å². The van der Waals surface area contributed by atoms with Crippen LogP contribution in [0.4, 0.5) is 16.2 Å². The highest BCUT2D eigenvalue weighted by atomic mass is 19.1. The van der Waals surface area contributed by atoms with Crippen molar-refractivity contribution in [1.82, 2.24) is 19.7 Å². The maximum atomic E-state index is 14.4. The molecule has 1 aliphatic heterocycles. The van der Waals surface area contributed by atoms with Gasteiger partial charge in [0, 0.05) is 25.7 Å². The largest absolute Gasteiger partial charge is 0.383 e. The van der Waals surface area contributed by atoms with Crippen molar-refractivity contribution < 1.29 is 9.13 Å². The van der Waals surface area contributed by atoms with Crippen LogP contribution in [-0.4, -0.2) is 46.1 Å². The lowest BCUT2D eigenvalue weighted by Crippen LogP contribution is -2.37. The van der Waals surface area contributed by atoms with Gasteiger partial charge in [-0.3, -0.25) is 4.68 Å². The highest BCUT2D eigenvalue weighted by molar-refractivity contribution is 5.99. The van der Waals surface area contributed by atoms with E-state index < -0.39 is 0 Å². The molecule has 0 spiro atoms. The quantitative estimate of drug-likeness (QED) is 0.769. The molecular weight excluding hydrogens is 311 g/mol. The Balaban J connectivity index is 1.97. The number of hydrogen-bond acceptors (Lipinski definition) is 6. The van der Waals surface area contributed by atoms with E-state index in [0.29, 0.717) is 60.4 Å². The summed E-state index contributed by atoms with van der Waals surface area (Å²) in [6.07, 6.45) is 0. The van der Waals surface area contributed by atoms with Crippen LogP contribution in [0.5, 0.6) is 0 Å². The Labute approximate surface area is 137 Å². The summed E-state index contributed by atoms with van der Waals surface area (Å²) in [6, 6.07) is 6.51. The zero-order valence-electron chi connectivity index (χ0n) is 13.2. The Morgan fingerprint density at radius 1 is 1.17 bits per heavy atom. The van der Waals surface area contributed by atoms with Gasteiger partial charge in [-0.05, 0) is 12.1 Å². The van der Waals surface area contributed by atoms with Crippen molar-refractivity contribution in [3.8, 4) is 11.3 Å². The van der Waals surface area contributed by atoms with Crippen molar-refractivity contribution in [3.63, 3.8) is 0 Å². The van der Waals surface area contributed by atoms with Crippen molar-refractivity contribution in [2.45, 2.75) is 0 Å². The molecule has 1 aliphatic rings. The van der Waals surface area contributed by atoms with E-state index in [1.807, 2.05) is 4.90 Å². The number of aromatic nitrogens is 4. The van der Waals surface area contributed by atoms with Gasteiger partial charge in [-0.2, -0.15) is 10.1 Å². The number of halogens is 1. The predicted octanol–water partition coefficient (Wildman–Crippen LogP) is 1.59. The average Bonchev–Trinajstić information content (AvgIpc) is 2.90. The summed E-state index contributed by atoms with van der Waals surface area (Å²) in [4.78, 5) is 11.1. The fourth-order valence-electron chi connectivity index (χ4n) is 2.86. The Morgan fingerprint density at radius 3 is 2.67 bits per heavy atom. The first-order valence-electron chi connectivity index (χ1n) is 7.73. The van der Waals surface area contributed by atoms with Crippen molar-refractivity contribution in [3.05, 3.63) is 30.1 Å². The molecule has 0 atom stereocenters. The number of benzene rings is 1. The van der Waals surface area contributed by atoms with E-state index >= 15 is 0 Å². The highest BCUT2D eigenvalue weighted by Crippen LogP contribution is 2.33. The van der Waals surface area contributed by atoms with Crippen LogP contribution in [0.1, 0.15) is 0 Å². The Hall–Kier alpha value is -2.74. The molecule has 2 aromatic heterocycles. The van der Waals surface area contributed by atoms with Crippen LogP contribution in [0, 0.1) is 5.82 Å². The van der Waals surface area contributed by atoms with Gasteiger partial charge in [0.2, 0.25) is 5.95 Å². The van der Waals surface area contributed by atoms with Crippen LogP contribution >= 0.6 is 0 Å². The third-order valence-electron chi connectivity index (χ3n) is 4.15. The molecule has 0 radical (unpaired) electrons. The molecule has 1 saturated heterocycles. The fourth-order valence-corrected chi connectivity index (χ4v) is 2.86. The monoisotopic (exact) mass is 328 g/mol. The molecule has 8 heteroatoms. The van der Waals surface area contributed by atoms with Crippen molar-refractivity contribution in [2.24, 2.45) is 7.05 Å². The zero-order valence-corrected chi connectivity index (χ0v) is 13.2.